The van der Waals surface area contributed by atoms with E-state index >= 15 is 0 Å². The number of nitrogens with zero attached hydrogens (tertiary/aromatic N) is 3. The minimum Gasteiger partial charge on any atom is -0.307 e. The molecule has 5 heteroatoms. The minimum atomic E-state index is 0.848. The van der Waals surface area contributed by atoms with Crippen molar-refractivity contribution in [1.82, 2.24) is 14.4 Å². The molecular formula is C16H13N3S2. The van der Waals surface area contributed by atoms with Gasteiger partial charge in [0.15, 0.2) is 4.34 Å². The summed E-state index contributed by atoms with van der Waals surface area (Å²) >= 11 is 3.49. The second-order valence-corrected chi connectivity index (χ2v) is 7.19. The lowest BCUT2D eigenvalue weighted by Gasteiger charge is -1.93. The van der Waals surface area contributed by atoms with E-state index in [1.54, 1.807) is 23.1 Å². The number of thiazole rings is 1. The van der Waals surface area contributed by atoms with E-state index < -0.39 is 0 Å². The third kappa shape index (κ3) is 2.54. The Balaban J connectivity index is 1.57. The van der Waals surface area contributed by atoms with E-state index in [0.717, 1.165) is 27.0 Å². The van der Waals surface area contributed by atoms with E-state index in [1.807, 2.05) is 6.07 Å². The highest BCUT2D eigenvalue weighted by Gasteiger charge is 2.06. The van der Waals surface area contributed by atoms with Crippen LogP contribution in [0.25, 0.3) is 15.9 Å². The fourth-order valence-corrected chi connectivity index (χ4v) is 4.23. The molecule has 0 aliphatic heterocycles. The molecule has 0 aliphatic rings. The summed E-state index contributed by atoms with van der Waals surface area (Å²) in [6.45, 7) is 2.09. The lowest BCUT2D eigenvalue weighted by Crippen LogP contribution is -1.82. The largest absolute Gasteiger partial charge is 0.307 e. The van der Waals surface area contributed by atoms with E-state index in [2.05, 4.69) is 64.0 Å². The monoisotopic (exact) mass is 311 g/mol. The summed E-state index contributed by atoms with van der Waals surface area (Å²) in [6.07, 6.45) is 4.21. The van der Waals surface area contributed by atoms with Crippen molar-refractivity contribution < 1.29 is 0 Å². The normalized spacial score (nSPS) is 11.5. The number of fused-ring (bicyclic) bond motifs is 2. The fourth-order valence-electron chi connectivity index (χ4n) is 2.27. The number of benzene rings is 1. The van der Waals surface area contributed by atoms with E-state index in [4.69, 9.17) is 0 Å². The number of para-hydroxylation sites is 1. The third-order valence-corrected chi connectivity index (χ3v) is 5.48. The smallest absolute Gasteiger partial charge is 0.151 e. The number of rotatable bonds is 3. The second-order valence-electron chi connectivity index (χ2n) is 4.94. The molecule has 104 valence electrons. The molecule has 0 amide bonds. The van der Waals surface area contributed by atoms with Gasteiger partial charge in [0, 0.05) is 18.1 Å². The van der Waals surface area contributed by atoms with E-state index in [0.29, 0.717) is 0 Å². The fraction of sp³-hybridized carbons (Fsp3) is 0.125. The van der Waals surface area contributed by atoms with Gasteiger partial charge in [0.05, 0.1) is 15.9 Å². The van der Waals surface area contributed by atoms with Crippen molar-refractivity contribution in [3.8, 4) is 0 Å². The van der Waals surface area contributed by atoms with Crippen LogP contribution < -0.4 is 0 Å². The van der Waals surface area contributed by atoms with Gasteiger partial charge < -0.3 is 4.40 Å². The zero-order valence-corrected chi connectivity index (χ0v) is 13.1. The van der Waals surface area contributed by atoms with Crippen molar-refractivity contribution in [2.24, 2.45) is 0 Å². The topological polar surface area (TPSA) is 30.2 Å². The Morgan fingerprint density at radius 3 is 2.90 bits per heavy atom. The van der Waals surface area contributed by atoms with Gasteiger partial charge in [0.1, 0.15) is 5.65 Å². The molecule has 0 radical (unpaired) electrons. The number of pyridine rings is 1. The predicted octanol–water partition coefficient (Wildman–Crippen LogP) is 4.54. The van der Waals surface area contributed by atoms with E-state index in [1.165, 1.54) is 10.3 Å². The number of imidazole rings is 1. The lowest BCUT2D eigenvalue weighted by molar-refractivity contribution is 1.15. The molecule has 0 fully saturated rings. The average Bonchev–Trinajstić information content (AvgIpc) is 3.07. The first-order valence-corrected chi connectivity index (χ1v) is 8.51. The molecule has 4 aromatic rings. The summed E-state index contributed by atoms with van der Waals surface area (Å²) in [4.78, 5) is 9.28. The van der Waals surface area contributed by atoms with Crippen LogP contribution >= 0.6 is 23.1 Å². The number of thioether (sulfide) groups is 1. The molecular weight excluding hydrogens is 298 g/mol. The van der Waals surface area contributed by atoms with Crippen molar-refractivity contribution in [1.29, 1.82) is 0 Å². The molecule has 0 atom stereocenters. The van der Waals surface area contributed by atoms with Crippen molar-refractivity contribution in [2.45, 2.75) is 17.0 Å². The molecule has 0 saturated heterocycles. The Kier molecular flexibility index (Phi) is 3.16. The first-order valence-electron chi connectivity index (χ1n) is 6.70. The summed E-state index contributed by atoms with van der Waals surface area (Å²) in [6, 6.07) is 12.4. The summed E-state index contributed by atoms with van der Waals surface area (Å²) < 4.78 is 4.43. The van der Waals surface area contributed by atoms with Gasteiger partial charge in [0.2, 0.25) is 0 Å². The zero-order chi connectivity index (χ0) is 14.2. The third-order valence-electron chi connectivity index (χ3n) is 3.27. The molecule has 4 rings (SSSR count). The first-order chi connectivity index (χ1) is 10.3. The molecule has 3 nitrogen and oxygen atoms in total. The Hall–Kier alpha value is -1.85. The molecule has 0 unspecified atom stereocenters. The van der Waals surface area contributed by atoms with Crippen LogP contribution in [0.5, 0.6) is 0 Å². The van der Waals surface area contributed by atoms with Gasteiger partial charge in [-0.05, 0) is 30.7 Å². The maximum absolute atomic E-state index is 4.64. The molecule has 0 saturated carbocycles. The summed E-state index contributed by atoms with van der Waals surface area (Å²) in [7, 11) is 0. The van der Waals surface area contributed by atoms with Crippen molar-refractivity contribution in [3.63, 3.8) is 0 Å². The highest BCUT2D eigenvalue weighted by Crippen LogP contribution is 2.31. The van der Waals surface area contributed by atoms with Crippen molar-refractivity contribution in [3.05, 3.63) is 60.0 Å². The SMILES string of the molecule is Cc1ccc2nc(CSc3nc4ccccc4s3)cn2c1. The first kappa shape index (κ1) is 12.9. The molecule has 3 aromatic heterocycles. The van der Waals surface area contributed by atoms with Crippen LogP contribution in [0.1, 0.15) is 11.3 Å². The number of hydrogen-bond donors (Lipinski definition) is 0. The number of hydrogen-bond acceptors (Lipinski definition) is 4. The van der Waals surface area contributed by atoms with Crippen LogP contribution in [0.3, 0.4) is 0 Å². The van der Waals surface area contributed by atoms with Crippen molar-refractivity contribution in [2.75, 3.05) is 0 Å². The van der Waals surface area contributed by atoms with Gasteiger partial charge in [-0.1, -0.05) is 30.0 Å². The highest BCUT2D eigenvalue weighted by atomic mass is 32.2. The Morgan fingerprint density at radius 1 is 1.10 bits per heavy atom. The molecule has 21 heavy (non-hydrogen) atoms. The van der Waals surface area contributed by atoms with Crippen LogP contribution in [-0.4, -0.2) is 14.4 Å². The second kappa shape index (κ2) is 5.16. The average molecular weight is 311 g/mol. The van der Waals surface area contributed by atoms with E-state index in [-0.39, 0.29) is 0 Å². The van der Waals surface area contributed by atoms with Gasteiger partial charge in [-0.3, -0.25) is 0 Å². The van der Waals surface area contributed by atoms with Gasteiger partial charge >= 0.3 is 0 Å². The molecule has 0 N–H and O–H groups in total. The quantitative estimate of drug-likeness (QED) is 0.520. The van der Waals surface area contributed by atoms with E-state index in [9.17, 15) is 0 Å². The van der Waals surface area contributed by atoms with Crippen LogP contribution in [0.2, 0.25) is 0 Å². The van der Waals surface area contributed by atoms with Crippen LogP contribution in [-0.2, 0) is 5.75 Å². The number of aromatic nitrogens is 3. The lowest BCUT2D eigenvalue weighted by atomic mass is 10.3. The molecule has 0 spiro atoms. The van der Waals surface area contributed by atoms with Gasteiger partial charge in [-0.15, -0.1) is 11.3 Å². The van der Waals surface area contributed by atoms with Crippen LogP contribution in [0.15, 0.2) is 53.1 Å². The standard InChI is InChI=1S/C16H13N3S2/c1-11-6-7-15-17-12(9-19(15)8-11)10-20-16-18-13-4-2-3-5-14(13)21-16/h2-9H,10H2,1H3. The maximum Gasteiger partial charge on any atom is 0.151 e. The molecule has 0 aliphatic carbocycles. The zero-order valence-electron chi connectivity index (χ0n) is 11.5. The summed E-state index contributed by atoms with van der Waals surface area (Å²) in [5, 5.41) is 0. The molecule has 1 aromatic carbocycles. The highest BCUT2D eigenvalue weighted by molar-refractivity contribution is 8.00. The van der Waals surface area contributed by atoms with Gasteiger partial charge in [-0.25, -0.2) is 9.97 Å². The Morgan fingerprint density at radius 2 is 2.00 bits per heavy atom. The van der Waals surface area contributed by atoms with Crippen LogP contribution in [0.4, 0.5) is 0 Å². The molecule has 3 heterocycles. The summed E-state index contributed by atoms with van der Waals surface area (Å²) in [5.41, 5.74) is 4.41. The summed E-state index contributed by atoms with van der Waals surface area (Å²) in [5.74, 6) is 0.848. The Labute approximate surface area is 130 Å². The van der Waals surface area contributed by atoms with Crippen molar-refractivity contribution >= 4 is 39.0 Å². The minimum absolute atomic E-state index is 0.848. The predicted molar refractivity (Wildman–Crippen MR) is 89.1 cm³/mol. The van der Waals surface area contributed by atoms with Crippen LogP contribution in [0, 0.1) is 6.92 Å². The van der Waals surface area contributed by atoms with Gasteiger partial charge in [-0.2, -0.15) is 0 Å². The van der Waals surface area contributed by atoms with Gasteiger partial charge in [0.25, 0.3) is 0 Å². The number of aryl methyl sites for hydroxylation is 1. The Bertz CT molecular complexity index is 890. The molecule has 0 bridgehead atoms. The maximum atomic E-state index is 4.64.